The van der Waals surface area contributed by atoms with Crippen molar-refractivity contribution in [2.45, 2.75) is 161 Å². The number of benzene rings is 2. The van der Waals surface area contributed by atoms with Crippen molar-refractivity contribution in [3.63, 3.8) is 0 Å². The van der Waals surface area contributed by atoms with Crippen LogP contribution in [0.4, 0.5) is 0 Å². The molecule has 6 nitrogen and oxygen atoms in total. The van der Waals surface area contributed by atoms with Crippen LogP contribution in [0, 0.1) is 6.92 Å². The van der Waals surface area contributed by atoms with Crippen LogP contribution >= 0.6 is 0 Å². The van der Waals surface area contributed by atoms with Gasteiger partial charge in [-0.3, -0.25) is 9.59 Å². The molecule has 1 saturated heterocycles. The van der Waals surface area contributed by atoms with Gasteiger partial charge in [0.1, 0.15) is 23.2 Å². The summed E-state index contributed by atoms with van der Waals surface area (Å²) in [5.41, 5.74) is 2.08. The zero-order chi connectivity index (χ0) is 35.9. The second-order valence-corrected chi connectivity index (χ2v) is 14.9. The molecule has 0 amide bonds. The van der Waals surface area contributed by atoms with Crippen molar-refractivity contribution in [1.29, 1.82) is 0 Å². The number of nitrogens with zero attached hydrogens (tertiary/aromatic N) is 1. The summed E-state index contributed by atoms with van der Waals surface area (Å²) in [6, 6.07) is 15.3. The van der Waals surface area contributed by atoms with Gasteiger partial charge in [0, 0.05) is 30.6 Å². The number of hydrogen-bond acceptors (Lipinski definition) is 6. The summed E-state index contributed by atoms with van der Waals surface area (Å²) in [5, 5.41) is 0.559. The fourth-order valence-electron chi connectivity index (χ4n) is 7.34. The Kier molecular flexibility index (Phi) is 22.4. The molecule has 0 atom stereocenters. The Hall–Kier alpha value is -2.35. The zero-order valence-corrected chi connectivity index (χ0v) is 34.2. The molecule has 1 aliphatic heterocycles. The first-order valence-corrected chi connectivity index (χ1v) is 20.7. The van der Waals surface area contributed by atoms with Gasteiger partial charge in [-0.15, -0.1) is 0 Å². The number of esters is 1. The Labute approximate surface area is 333 Å². The SMILES string of the molecule is CCCCCCCCCCCCCCCCCC(=O)OC1CCN(CCCCCCOc2ccc3oc(-c4ccccc4)c(C)c(=O)c3c2)CC1.[H-].[H-].[Mg+2]. The van der Waals surface area contributed by atoms with Gasteiger partial charge in [0.05, 0.1) is 12.0 Å². The minimum Gasteiger partial charge on any atom is -1.00 e. The van der Waals surface area contributed by atoms with Crippen LogP contribution in [0.1, 0.15) is 157 Å². The Morgan fingerprint density at radius 3 is 1.98 bits per heavy atom. The van der Waals surface area contributed by atoms with Crippen molar-refractivity contribution < 1.29 is 21.5 Å². The summed E-state index contributed by atoms with van der Waals surface area (Å²) in [6.07, 6.45) is 27.1. The Morgan fingerprint density at radius 2 is 1.35 bits per heavy atom. The molecule has 4 rings (SSSR count). The maximum absolute atomic E-state index is 13.1. The van der Waals surface area contributed by atoms with E-state index in [0.717, 1.165) is 63.7 Å². The van der Waals surface area contributed by atoms with E-state index in [1.807, 2.05) is 55.5 Å². The first kappa shape index (κ1) is 44.0. The fourth-order valence-corrected chi connectivity index (χ4v) is 7.34. The van der Waals surface area contributed by atoms with Crippen molar-refractivity contribution >= 4 is 40.0 Å². The van der Waals surface area contributed by atoms with Crippen LogP contribution < -0.4 is 10.2 Å². The first-order valence-electron chi connectivity index (χ1n) is 20.7. The minimum absolute atomic E-state index is 0. The van der Waals surface area contributed by atoms with Crippen molar-refractivity contribution in [2.24, 2.45) is 0 Å². The molecule has 1 aliphatic rings. The fraction of sp³-hybridized carbons (Fsp3) is 0.644. The van der Waals surface area contributed by atoms with Gasteiger partial charge in [-0.1, -0.05) is 140 Å². The van der Waals surface area contributed by atoms with E-state index in [1.54, 1.807) is 0 Å². The van der Waals surface area contributed by atoms with Crippen molar-refractivity contribution in [3.8, 4) is 17.1 Å². The average Bonchev–Trinajstić information content (AvgIpc) is 3.15. The van der Waals surface area contributed by atoms with Gasteiger partial charge in [0.25, 0.3) is 0 Å². The van der Waals surface area contributed by atoms with Gasteiger partial charge >= 0.3 is 29.0 Å². The molecule has 52 heavy (non-hydrogen) atoms. The average molecular weight is 728 g/mol. The van der Waals surface area contributed by atoms with Crippen LogP contribution in [0.25, 0.3) is 22.3 Å². The molecule has 7 heteroatoms. The number of carbonyl (C=O) groups is 1. The maximum Gasteiger partial charge on any atom is 2.00 e. The molecule has 0 saturated carbocycles. The number of hydrogen-bond donors (Lipinski definition) is 0. The van der Waals surface area contributed by atoms with Crippen LogP contribution in [0.5, 0.6) is 5.75 Å². The molecule has 0 radical (unpaired) electrons. The number of unbranched alkanes of at least 4 members (excludes halogenated alkanes) is 17. The molecule has 0 N–H and O–H groups in total. The normalized spacial score (nSPS) is 13.7. The van der Waals surface area contributed by atoms with Gasteiger partial charge in [-0.25, -0.2) is 0 Å². The minimum atomic E-state index is -0.0156. The van der Waals surface area contributed by atoms with Gasteiger partial charge in [-0.05, 0) is 63.8 Å². The molecule has 0 aliphatic carbocycles. The van der Waals surface area contributed by atoms with Gasteiger partial charge in [0.2, 0.25) is 0 Å². The first-order chi connectivity index (χ1) is 25.0. The van der Waals surface area contributed by atoms with Crippen LogP contribution in [0.3, 0.4) is 0 Å². The van der Waals surface area contributed by atoms with Gasteiger partial charge in [-0.2, -0.15) is 0 Å². The molecule has 286 valence electrons. The van der Waals surface area contributed by atoms with E-state index in [1.165, 1.54) is 96.3 Å². The van der Waals surface area contributed by atoms with Crippen LogP contribution in [-0.4, -0.2) is 66.3 Å². The third-order valence-electron chi connectivity index (χ3n) is 10.6. The molecule has 1 fully saturated rings. The van der Waals surface area contributed by atoms with Crippen LogP contribution in [-0.2, 0) is 9.53 Å². The number of likely N-dealkylation sites (tertiary alicyclic amines) is 1. The number of carbonyl (C=O) groups excluding carboxylic acids is 1. The summed E-state index contributed by atoms with van der Waals surface area (Å²) in [5.74, 6) is 1.33. The Bertz CT molecular complexity index is 1460. The molecular weight excluding hydrogens is 659 g/mol. The molecular formula is C45H69MgNO5. The van der Waals surface area contributed by atoms with E-state index in [2.05, 4.69) is 11.8 Å². The summed E-state index contributed by atoms with van der Waals surface area (Å²) in [7, 11) is 0. The summed E-state index contributed by atoms with van der Waals surface area (Å²) < 4.78 is 18.0. The molecule has 0 unspecified atom stereocenters. The number of rotatable bonds is 26. The number of fused-ring (bicyclic) bond motifs is 1. The maximum atomic E-state index is 13.1. The largest absolute Gasteiger partial charge is 2.00 e. The topological polar surface area (TPSA) is 69.0 Å². The van der Waals surface area contributed by atoms with E-state index >= 15 is 0 Å². The number of ether oxygens (including phenoxy) is 2. The molecule has 3 aromatic rings. The number of piperidine rings is 1. The second-order valence-electron chi connectivity index (χ2n) is 14.9. The molecule has 2 heterocycles. The molecule has 2 aromatic carbocycles. The van der Waals surface area contributed by atoms with Gasteiger partial charge < -0.3 is 21.6 Å². The van der Waals surface area contributed by atoms with Crippen molar-refractivity contribution in [3.05, 3.63) is 64.3 Å². The van der Waals surface area contributed by atoms with Crippen molar-refractivity contribution in [1.82, 2.24) is 4.90 Å². The summed E-state index contributed by atoms with van der Waals surface area (Å²) in [4.78, 5) is 28.0. The monoisotopic (exact) mass is 728 g/mol. The van der Waals surface area contributed by atoms with Crippen molar-refractivity contribution in [2.75, 3.05) is 26.2 Å². The molecule has 0 spiro atoms. The van der Waals surface area contributed by atoms with E-state index < -0.39 is 0 Å². The summed E-state index contributed by atoms with van der Waals surface area (Å²) in [6.45, 7) is 7.87. The van der Waals surface area contributed by atoms with Crippen LogP contribution in [0.2, 0.25) is 0 Å². The standard InChI is InChI=1S/C45H67NO5.Mg.2H/c1-3-4-5-6-7-8-9-10-11-12-13-14-15-16-22-27-43(47)50-39-30-33-46(34-31-39)32-23-17-18-24-35-49-40-28-29-42-41(36-40)44(48)37(2)45(51-42)38-25-20-19-21-26-38;;;/h19-21,25-26,28-29,36,39H,3-18,22-24,27,30-35H2,1-2H3;;;/q;+2;2*-1. The molecule has 0 bridgehead atoms. The zero-order valence-electron chi connectivity index (χ0n) is 34.8. The third kappa shape index (κ3) is 16.3. The second kappa shape index (κ2) is 26.4. The molecule has 1 aromatic heterocycles. The predicted octanol–water partition coefficient (Wildman–Crippen LogP) is 11.8. The van der Waals surface area contributed by atoms with E-state index in [4.69, 9.17) is 13.9 Å². The smallest absolute Gasteiger partial charge is 1.00 e. The van der Waals surface area contributed by atoms with Crippen LogP contribution in [0.15, 0.2) is 57.7 Å². The van der Waals surface area contributed by atoms with E-state index in [-0.39, 0.29) is 43.4 Å². The predicted molar refractivity (Wildman–Crippen MR) is 220 cm³/mol. The Morgan fingerprint density at radius 1 is 0.769 bits per heavy atom. The summed E-state index contributed by atoms with van der Waals surface area (Å²) >= 11 is 0. The third-order valence-corrected chi connectivity index (χ3v) is 10.6. The van der Waals surface area contributed by atoms with E-state index in [0.29, 0.717) is 41.1 Å². The Balaban J connectivity index is 0.00000486. The quantitative estimate of drug-likeness (QED) is 0.0466. The van der Waals surface area contributed by atoms with E-state index in [9.17, 15) is 9.59 Å². The van der Waals surface area contributed by atoms with Gasteiger partial charge in [0.15, 0.2) is 5.43 Å².